The molecule has 0 saturated carbocycles. The molecule has 1 aromatic heterocycles. The van der Waals surface area contributed by atoms with Gasteiger partial charge in [0.15, 0.2) is 0 Å². The quantitative estimate of drug-likeness (QED) is 0.482. The molecule has 2 heterocycles. The highest BCUT2D eigenvalue weighted by atomic mass is 19.4. The summed E-state index contributed by atoms with van der Waals surface area (Å²) < 4.78 is 44.0. The Kier molecular flexibility index (Phi) is 7.67. The summed E-state index contributed by atoms with van der Waals surface area (Å²) in [7, 11) is 0. The number of piperidine rings is 1. The third kappa shape index (κ3) is 6.45. The fourth-order valence-electron chi connectivity index (χ4n) is 4.82. The van der Waals surface area contributed by atoms with Crippen LogP contribution in [-0.2, 0) is 19.5 Å². The zero-order valence-electron chi connectivity index (χ0n) is 20.1. The molecule has 0 amide bonds. The number of aryl methyl sites for hydroxylation is 1. The first kappa shape index (κ1) is 25.7. The van der Waals surface area contributed by atoms with Gasteiger partial charge in [-0.1, -0.05) is 24.3 Å². The van der Waals surface area contributed by atoms with Gasteiger partial charge in [0.1, 0.15) is 11.6 Å². The number of rotatable bonds is 8. The Morgan fingerprint density at radius 2 is 1.81 bits per heavy atom. The SMILES string of the molecule is Cc1ncc(CN2CCC(CO)(Cc3cccc(OC(F)(F)F)c3)CC2)n1Cc1ccc(C#N)cc1. The summed E-state index contributed by atoms with van der Waals surface area (Å²) in [6.45, 7) is 4.85. The number of nitriles is 1. The average Bonchev–Trinajstić information content (AvgIpc) is 3.19. The van der Waals surface area contributed by atoms with Crippen molar-refractivity contribution in [2.45, 2.75) is 45.6 Å². The van der Waals surface area contributed by atoms with Crippen LogP contribution in [0.2, 0.25) is 0 Å². The fourth-order valence-corrected chi connectivity index (χ4v) is 4.82. The number of ether oxygens (including phenoxy) is 1. The molecule has 1 aliphatic rings. The van der Waals surface area contributed by atoms with Crippen LogP contribution in [0.3, 0.4) is 0 Å². The van der Waals surface area contributed by atoms with Crippen molar-refractivity contribution in [1.82, 2.24) is 14.5 Å². The van der Waals surface area contributed by atoms with Gasteiger partial charge in [-0.15, -0.1) is 13.2 Å². The summed E-state index contributed by atoms with van der Waals surface area (Å²) in [6.07, 6.45) is -0.891. The first-order chi connectivity index (χ1) is 17.2. The van der Waals surface area contributed by atoms with Gasteiger partial charge in [0.25, 0.3) is 0 Å². The van der Waals surface area contributed by atoms with Gasteiger partial charge >= 0.3 is 6.36 Å². The number of halogens is 3. The van der Waals surface area contributed by atoms with E-state index in [-0.39, 0.29) is 17.8 Å². The summed E-state index contributed by atoms with van der Waals surface area (Å²) in [6, 6.07) is 15.7. The van der Waals surface area contributed by atoms with Gasteiger partial charge in [-0.2, -0.15) is 5.26 Å². The molecule has 0 spiro atoms. The fraction of sp³-hybridized carbons (Fsp3) is 0.407. The lowest BCUT2D eigenvalue weighted by Crippen LogP contribution is -2.43. The maximum Gasteiger partial charge on any atom is 0.573 e. The van der Waals surface area contributed by atoms with E-state index in [2.05, 4.69) is 25.3 Å². The molecule has 2 aromatic carbocycles. The van der Waals surface area contributed by atoms with E-state index >= 15 is 0 Å². The van der Waals surface area contributed by atoms with Gasteiger partial charge in [0, 0.05) is 25.9 Å². The van der Waals surface area contributed by atoms with E-state index in [1.165, 1.54) is 12.1 Å². The summed E-state index contributed by atoms with van der Waals surface area (Å²) in [5.74, 6) is 0.674. The lowest BCUT2D eigenvalue weighted by atomic mass is 9.74. The van der Waals surface area contributed by atoms with Gasteiger partial charge in [0.05, 0.1) is 17.3 Å². The number of alkyl halides is 3. The summed E-state index contributed by atoms with van der Waals surface area (Å²) >= 11 is 0. The van der Waals surface area contributed by atoms with Gasteiger partial charge in [0.2, 0.25) is 0 Å². The number of likely N-dealkylation sites (tertiary alicyclic amines) is 1. The highest BCUT2D eigenvalue weighted by molar-refractivity contribution is 5.32. The predicted molar refractivity (Wildman–Crippen MR) is 128 cm³/mol. The minimum absolute atomic E-state index is 0.0269. The van der Waals surface area contributed by atoms with Gasteiger partial charge in [-0.25, -0.2) is 4.98 Å². The molecule has 190 valence electrons. The Labute approximate surface area is 208 Å². The Hall–Kier alpha value is -3.35. The molecular weight excluding hydrogens is 469 g/mol. The van der Waals surface area contributed by atoms with E-state index in [1.807, 2.05) is 37.4 Å². The topological polar surface area (TPSA) is 74.3 Å². The lowest BCUT2D eigenvalue weighted by molar-refractivity contribution is -0.274. The van der Waals surface area contributed by atoms with E-state index in [9.17, 15) is 18.3 Å². The number of aliphatic hydroxyl groups is 1. The molecule has 1 N–H and O–H groups in total. The van der Waals surface area contributed by atoms with Crippen LogP contribution >= 0.6 is 0 Å². The number of benzene rings is 2. The predicted octanol–water partition coefficient (Wildman–Crippen LogP) is 4.83. The van der Waals surface area contributed by atoms with E-state index in [4.69, 9.17) is 5.26 Å². The number of aliphatic hydroxyl groups excluding tert-OH is 1. The zero-order chi connectivity index (χ0) is 25.8. The molecule has 0 aliphatic carbocycles. The first-order valence-electron chi connectivity index (χ1n) is 11.9. The summed E-state index contributed by atoms with van der Waals surface area (Å²) in [5.41, 5.74) is 3.14. The Morgan fingerprint density at radius 3 is 2.44 bits per heavy atom. The van der Waals surface area contributed by atoms with Crippen LogP contribution < -0.4 is 4.74 Å². The minimum Gasteiger partial charge on any atom is -0.406 e. The first-order valence-corrected chi connectivity index (χ1v) is 11.9. The number of imidazole rings is 1. The van der Waals surface area contributed by atoms with Crippen LogP contribution in [0.5, 0.6) is 5.75 Å². The van der Waals surface area contributed by atoms with Crippen molar-refractivity contribution >= 4 is 0 Å². The molecule has 1 aliphatic heterocycles. The van der Waals surface area contributed by atoms with Crippen molar-refractivity contribution in [2.24, 2.45) is 5.41 Å². The number of aromatic nitrogens is 2. The second-order valence-electron chi connectivity index (χ2n) is 9.50. The Morgan fingerprint density at radius 1 is 1.08 bits per heavy atom. The van der Waals surface area contributed by atoms with Crippen LogP contribution in [0.1, 0.15) is 41.1 Å². The second kappa shape index (κ2) is 10.7. The highest BCUT2D eigenvalue weighted by Crippen LogP contribution is 2.36. The molecule has 1 fully saturated rings. The van der Waals surface area contributed by atoms with E-state index in [1.54, 1.807) is 12.1 Å². The van der Waals surface area contributed by atoms with Crippen molar-refractivity contribution in [3.8, 4) is 11.8 Å². The van der Waals surface area contributed by atoms with Crippen molar-refractivity contribution in [3.05, 3.63) is 82.9 Å². The molecular formula is C27H29F3N4O2. The summed E-state index contributed by atoms with van der Waals surface area (Å²) in [4.78, 5) is 6.82. The third-order valence-electron chi connectivity index (χ3n) is 6.91. The zero-order valence-corrected chi connectivity index (χ0v) is 20.1. The number of nitrogens with zero attached hydrogens (tertiary/aromatic N) is 4. The van der Waals surface area contributed by atoms with E-state index in [0.717, 1.165) is 48.6 Å². The van der Waals surface area contributed by atoms with Crippen molar-refractivity contribution in [3.63, 3.8) is 0 Å². The van der Waals surface area contributed by atoms with Crippen LogP contribution in [0.15, 0.2) is 54.7 Å². The largest absolute Gasteiger partial charge is 0.573 e. The van der Waals surface area contributed by atoms with Crippen molar-refractivity contribution in [1.29, 1.82) is 5.26 Å². The number of hydrogen-bond donors (Lipinski definition) is 1. The van der Waals surface area contributed by atoms with Crippen LogP contribution in [0.25, 0.3) is 0 Å². The molecule has 0 atom stereocenters. The molecule has 36 heavy (non-hydrogen) atoms. The van der Waals surface area contributed by atoms with Crippen molar-refractivity contribution < 1.29 is 23.0 Å². The normalized spacial score (nSPS) is 16.0. The molecule has 9 heteroatoms. The maximum atomic E-state index is 12.6. The van der Waals surface area contributed by atoms with Gasteiger partial charge < -0.3 is 14.4 Å². The molecule has 0 bridgehead atoms. The standard InChI is InChI=1S/C27H29F3N4O2/c1-20-32-16-24(34(20)17-22-7-5-21(15-31)6-8-22)18-33-11-9-26(19-35,10-12-33)14-23-3-2-4-25(13-23)36-27(28,29)30/h2-8,13,16,35H,9-12,14,17-19H2,1H3. The molecule has 1 saturated heterocycles. The smallest absolute Gasteiger partial charge is 0.406 e. The molecule has 6 nitrogen and oxygen atoms in total. The Bertz CT molecular complexity index is 1210. The monoisotopic (exact) mass is 498 g/mol. The van der Waals surface area contributed by atoms with Crippen LogP contribution in [-0.4, -0.2) is 45.6 Å². The summed E-state index contributed by atoms with van der Waals surface area (Å²) in [5, 5.41) is 19.2. The van der Waals surface area contributed by atoms with Crippen LogP contribution in [0.4, 0.5) is 13.2 Å². The van der Waals surface area contributed by atoms with E-state index < -0.39 is 6.36 Å². The Balaban J connectivity index is 1.39. The van der Waals surface area contributed by atoms with Crippen LogP contribution in [0, 0.1) is 23.7 Å². The molecule has 0 radical (unpaired) electrons. The minimum atomic E-state index is -4.73. The molecule has 3 aromatic rings. The molecule has 4 rings (SSSR count). The van der Waals surface area contributed by atoms with E-state index in [0.29, 0.717) is 25.1 Å². The second-order valence-corrected chi connectivity index (χ2v) is 9.50. The van der Waals surface area contributed by atoms with Gasteiger partial charge in [-0.3, -0.25) is 4.90 Å². The third-order valence-corrected chi connectivity index (χ3v) is 6.91. The van der Waals surface area contributed by atoms with Gasteiger partial charge in [-0.05, 0) is 80.1 Å². The number of hydrogen-bond acceptors (Lipinski definition) is 5. The lowest BCUT2D eigenvalue weighted by Gasteiger charge is -2.41. The van der Waals surface area contributed by atoms with Crippen molar-refractivity contribution in [2.75, 3.05) is 19.7 Å². The average molecular weight is 499 g/mol. The molecule has 0 unspecified atom stereocenters. The highest BCUT2D eigenvalue weighted by Gasteiger charge is 2.35. The maximum absolute atomic E-state index is 12.6.